The topological polar surface area (TPSA) is 42.4 Å². The highest BCUT2D eigenvalue weighted by atomic mass is 32.1. The molecule has 3 aromatic carbocycles. The fraction of sp³-hybridized carbons (Fsp3) is 0.259. The SMILES string of the molecule is CCCCOc1ccc(C(=O)N(Cc2ccccc2)c2nc3c(C)ccc(C)c3s2)cc1. The summed E-state index contributed by atoms with van der Waals surface area (Å²) in [5.41, 5.74) is 4.95. The molecule has 0 fully saturated rings. The van der Waals surface area contributed by atoms with E-state index in [-0.39, 0.29) is 5.91 Å². The molecule has 0 N–H and O–H groups in total. The van der Waals surface area contributed by atoms with Gasteiger partial charge in [-0.1, -0.05) is 67.1 Å². The fourth-order valence-electron chi connectivity index (χ4n) is 3.54. The maximum Gasteiger partial charge on any atom is 0.260 e. The molecule has 0 saturated heterocycles. The summed E-state index contributed by atoms with van der Waals surface area (Å²) in [5.74, 6) is 0.721. The molecule has 0 aliphatic rings. The summed E-state index contributed by atoms with van der Waals surface area (Å²) in [6.07, 6.45) is 2.11. The molecule has 0 bridgehead atoms. The van der Waals surface area contributed by atoms with Crippen molar-refractivity contribution in [1.82, 2.24) is 4.98 Å². The Labute approximate surface area is 193 Å². The van der Waals surface area contributed by atoms with Crippen LogP contribution < -0.4 is 9.64 Å². The number of thiazole rings is 1. The van der Waals surface area contributed by atoms with Crippen molar-refractivity contribution in [3.05, 3.63) is 89.0 Å². The lowest BCUT2D eigenvalue weighted by Gasteiger charge is -2.20. The Kier molecular flexibility index (Phi) is 6.86. The summed E-state index contributed by atoms with van der Waals surface area (Å²) in [6, 6.07) is 21.7. The highest BCUT2D eigenvalue weighted by molar-refractivity contribution is 7.22. The first-order chi connectivity index (χ1) is 15.6. The zero-order valence-corrected chi connectivity index (χ0v) is 19.6. The van der Waals surface area contributed by atoms with Gasteiger partial charge in [-0.05, 0) is 61.2 Å². The Bertz CT molecular complexity index is 1160. The van der Waals surface area contributed by atoms with Gasteiger partial charge in [-0.2, -0.15) is 0 Å². The van der Waals surface area contributed by atoms with E-state index in [9.17, 15) is 4.79 Å². The Balaban J connectivity index is 1.67. The molecule has 164 valence electrons. The van der Waals surface area contributed by atoms with E-state index in [1.807, 2.05) is 54.6 Å². The number of hydrogen-bond acceptors (Lipinski definition) is 4. The zero-order chi connectivity index (χ0) is 22.5. The first-order valence-corrected chi connectivity index (χ1v) is 11.8. The van der Waals surface area contributed by atoms with Crippen LogP contribution in [0.5, 0.6) is 5.75 Å². The van der Waals surface area contributed by atoms with E-state index in [1.165, 1.54) is 5.56 Å². The lowest BCUT2D eigenvalue weighted by Crippen LogP contribution is -2.30. The average Bonchev–Trinajstić information content (AvgIpc) is 3.27. The minimum Gasteiger partial charge on any atom is -0.494 e. The minimum atomic E-state index is -0.0664. The number of ether oxygens (including phenoxy) is 1. The molecular formula is C27H28N2O2S. The summed E-state index contributed by atoms with van der Waals surface area (Å²) in [4.78, 5) is 20.3. The van der Waals surface area contributed by atoms with Crippen LogP contribution in [-0.4, -0.2) is 17.5 Å². The molecule has 32 heavy (non-hydrogen) atoms. The number of rotatable bonds is 8. The number of unbranched alkanes of at least 4 members (excludes halogenated alkanes) is 1. The summed E-state index contributed by atoms with van der Waals surface area (Å²) in [6.45, 7) is 7.44. The normalized spacial score (nSPS) is 11.0. The third-order valence-corrected chi connectivity index (χ3v) is 6.67. The van der Waals surface area contributed by atoms with E-state index in [1.54, 1.807) is 16.2 Å². The second kappa shape index (κ2) is 9.96. The molecule has 1 amide bonds. The van der Waals surface area contributed by atoms with E-state index in [0.717, 1.165) is 45.1 Å². The number of fused-ring (bicyclic) bond motifs is 1. The van der Waals surface area contributed by atoms with E-state index in [0.29, 0.717) is 18.7 Å². The molecule has 0 unspecified atom stereocenters. The smallest absolute Gasteiger partial charge is 0.260 e. The maximum atomic E-state index is 13.6. The van der Waals surface area contributed by atoms with Crippen molar-refractivity contribution in [2.24, 2.45) is 0 Å². The van der Waals surface area contributed by atoms with Crippen LogP contribution >= 0.6 is 11.3 Å². The molecule has 0 spiro atoms. The largest absolute Gasteiger partial charge is 0.494 e. The third-order valence-electron chi connectivity index (χ3n) is 5.46. The molecular weight excluding hydrogens is 416 g/mol. The molecule has 0 radical (unpaired) electrons. The molecule has 4 rings (SSSR count). The van der Waals surface area contributed by atoms with Crippen LogP contribution in [0.4, 0.5) is 5.13 Å². The number of aryl methyl sites for hydroxylation is 2. The number of aromatic nitrogens is 1. The fourth-order valence-corrected chi connectivity index (χ4v) is 4.65. The van der Waals surface area contributed by atoms with Crippen LogP contribution in [0.3, 0.4) is 0 Å². The van der Waals surface area contributed by atoms with Crippen molar-refractivity contribution >= 4 is 32.6 Å². The van der Waals surface area contributed by atoms with Gasteiger partial charge < -0.3 is 4.74 Å². The van der Waals surface area contributed by atoms with Crippen LogP contribution in [0.15, 0.2) is 66.7 Å². The number of nitrogens with zero attached hydrogens (tertiary/aromatic N) is 2. The lowest BCUT2D eigenvalue weighted by molar-refractivity contribution is 0.0985. The van der Waals surface area contributed by atoms with Crippen LogP contribution in [0.2, 0.25) is 0 Å². The summed E-state index contributed by atoms with van der Waals surface area (Å²) in [7, 11) is 0. The van der Waals surface area contributed by atoms with E-state index in [2.05, 4.69) is 32.9 Å². The Morgan fingerprint density at radius 2 is 1.69 bits per heavy atom. The number of benzene rings is 3. The van der Waals surface area contributed by atoms with E-state index in [4.69, 9.17) is 9.72 Å². The minimum absolute atomic E-state index is 0.0664. The highest BCUT2D eigenvalue weighted by Gasteiger charge is 2.22. The number of amides is 1. The van der Waals surface area contributed by atoms with E-state index < -0.39 is 0 Å². The highest BCUT2D eigenvalue weighted by Crippen LogP contribution is 2.34. The van der Waals surface area contributed by atoms with Crippen LogP contribution in [0.1, 0.15) is 46.8 Å². The van der Waals surface area contributed by atoms with Gasteiger partial charge >= 0.3 is 0 Å². The monoisotopic (exact) mass is 444 g/mol. The summed E-state index contributed by atoms with van der Waals surface area (Å²) >= 11 is 1.57. The second-order valence-electron chi connectivity index (χ2n) is 7.98. The molecule has 4 aromatic rings. The quantitative estimate of drug-likeness (QED) is 0.276. The number of anilines is 1. The van der Waals surface area contributed by atoms with Crippen molar-refractivity contribution in [2.45, 2.75) is 40.2 Å². The van der Waals surface area contributed by atoms with Gasteiger partial charge in [-0.25, -0.2) is 4.98 Å². The van der Waals surface area contributed by atoms with Gasteiger partial charge in [-0.3, -0.25) is 9.69 Å². The molecule has 4 nitrogen and oxygen atoms in total. The molecule has 1 aromatic heterocycles. The first-order valence-electron chi connectivity index (χ1n) is 11.0. The van der Waals surface area contributed by atoms with E-state index >= 15 is 0 Å². The molecule has 5 heteroatoms. The molecule has 0 saturated carbocycles. The van der Waals surface area contributed by atoms with Crippen molar-refractivity contribution in [1.29, 1.82) is 0 Å². The van der Waals surface area contributed by atoms with Gasteiger partial charge in [0.05, 0.1) is 23.4 Å². The van der Waals surface area contributed by atoms with Crippen LogP contribution in [0, 0.1) is 13.8 Å². The van der Waals surface area contributed by atoms with Gasteiger partial charge in [0, 0.05) is 5.56 Å². The number of hydrogen-bond donors (Lipinski definition) is 0. The molecule has 1 heterocycles. The van der Waals surface area contributed by atoms with Crippen LogP contribution in [0.25, 0.3) is 10.2 Å². The average molecular weight is 445 g/mol. The first kappa shape index (κ1) is 22.0. The van der Waals surface area contributed by atoms with Crippen molar-refractivity contribution in [3.8, 4) is 5.75 Å². The van der Waals surface area contributed by atoms with Crippen molar-refractivity contribution in [2.75, 3.05) is 11.5 Å². The Morgan fingerprint density at radius 1 is 0.969 bits per heavy atom. The van der Waals surface area contributed by atoms with Gasteiger partial charge in [-0.15, -0.1) is 0 Å². The summed E-state index contributed by atoms with van der Waals surface area (Å²) in [5, 5.41) is 0.717. The standard InChI is InChI=1S/C27H28N2O2S/c1-4-5-17-31-23-15-13-22(14-16-23)26(30)29(18-21-9-7-6-8-10-21)27-28-24-19(2)11-12-20(3)25(24)32-27/h6-16H,4-5,17-18H2,1-3H3. The third kappa shape index (κ3) is 4.83. The predicted molar refractivity (Wildman–Crippen MR) is 133 cm³/mol. The van der Waals surface area contributed by atoms with Crippen molar-refractivity contribution < 1.29 is 9.53 Å². The number of carbonyl (C=O) groups is 1. The maximum absolute atomic E-state index is 13.6. The Morgan fingerprint density at radius 3 is 2.38 bits per heavy atom. The van der Waals surface area contributed by atoms with Gasteiger partial charge in [0.25, 0.3) is 5.91 Å². The van der Waals surface area contributed by atoms with Gasteiger partial charge in [0.2, 0.25) is 0 Å². The van der Waals surface area contributed by atoms with Crippen LogP contribution in [-0.2, 0) is 6.54 Å². The second-order valence-corrected chi connectivity index (χ2v) is 8.95. The number of carbonyl (C=O) groups excluding carboxylic acids is 1. The van der Waals surface area contributed by atoms with Crippen molar-refractivity contribution in [3.63, 3.8) is 0 Å². The summed E-state index contributed by atoms with van der Waals surface area (Å²) < 4.78 is 6.88. The molecule has 0 atom stereocenters. The molecule has 0 aliphatic heterocycles. The van der Waals surface area contributed by atoms with Gasteiger partial charge in [0.1, 0.15) is 5.75 Å². The zero-order valence-electron chi connectivity index (χ0n) is 18.8. The Hall–Kier alpha value is -3.18. The molecule has 0 aliphatic carbocycles. The lowest BCUT2D eigenvalue weighted by atomic mass is 10.1. The predicted octanol–water partition coefficient (Wildman–Crippen LogP) is 6.94. The van der Waals surface area contributed by atoms with Gasteiger partial charge in [0.15, 0.2) is 5.13 Å².